The fraction of sp³-hybridized carbons (Fsp3) is 0.737. The zero-order valence-electron chi connectivity index (χ0n) is 14.1. The molecule has 1 aliphatic heterocycles. The van der Waals surface area contributed by atoms with Crippen molar-refractivity contribution in [2.45, 2.75) is 69.5 Å². The molecule has 1 unspecified atom stereocenters. The van der Waals surface area contributed by atoms with Gasteiger partial charge >= 0.3 is 0 Å². The van der Waals surface area contributed by atoms with Crippen molar-refractivity contribution < 1.29 is 0 Å². The summed E-state index contributed by atoms with van der Waals surface area (Å²) in [5.41, 5.74) is 1.31. The minimum atomic E-state index is 0.284. The van der Waals surface area contributed by atoms with E-state index in [1.165, 1.54) is 80.7 Å². The minimum Gasteiger partial charge on any atom is -0.260 e. The van der Waals surface area contributed by atoms with E-state index in [-0.39, 0.29) is 4.75 Å². The first kappa shape index (κ1) is 18.2. The summed E-state index contributed by atoms with van der Waals surface area (Å²) in [5.74, 6) is 3.82. The number of hydrogen-bond donors (Lipinski definition) is 0. The Labute approximate surface area is 145 Å². The second-order valence-corrected chi connectivity index (χ2v) is 8.92. The van der Waals surface area contributed by atoms with E-state index in [1.807, 2.05) is 12.3 Å². The van der Waals surface area contributed by atoms with Gasteiger partial charge < -0.3 is 0 Å². The molecule has 2 heterocycles. The van der Waals surface area contributed by atoms with Crippen LogP contribution < -0.4 is 0 Å². The van der Waals surface area contributed by atoms with Gasteiger partial charge in [0.15, 0.2) is 0 Å². The molecule has 124 valence electrons. The first-order valence-corrected chi connectivity index (χ1v) is 11.1. The maximum Gasteiger partial charge on any atom is 0.0670 e. The van der Waals surface area contributed by atoms with Crippen LogP contribution in [0.4, 0.5) is 0 Å². The molecule has 0 amide bonds. The molecule has 0 saturated carbocycles. The predicted molar refractivity (Wildman–Crippen MR) is 103 cm³/mol. The Hall–Kier alpha value is -0.150. The first-order chi connectivity index (χ1) is 10.9. The lowest BCUT2D eigenvalue weighted by molar-refractivity contribution is 0.521. The Bertz CT molecular complexity index is 388. The Morgan fingerprint density at radius 3 is 2.41 bits per heavy atom. The van der Waals surface area contributed by atoms with Gasteiger partial charge in [0.25, 0.3) is 0 Å². The normalized spacial score (nSPS) is 21.9. The van der Waals surface area contributed by atoms with Crippen molar-refractivity contribution >= 4 is 23.5 Å². The van der Waals surface area contributed by atoms with E-state index in [4.69, 9.17) is 0 Å². The lowest BCUT2D eigenvalue weighted by Crippen LogP contribution is -2.30. The standard InChI is InChI=1S/C19H31NS2/c1-2-3-4-5-6-7-8-10-13-19(17-21-15-16-22-19)18-12-9-11-14-20-18/h9,11-12,14H,2-8,10,13,15-17H2,1H3. The van der Waals surface area contributed by atoms with Crippen LogP contribution in [0.5, 0.6) is 0 Å². The third-order valence-electron chi connectivity index (χ3n) is 4.51. The van der Waals surface area contributed by atoms with Gasteiger partial charge in [-0.05, 0) is 18.6 Å². The monoisotopic (exact) mass is 337 g/mol. The van der Waals surface area contributed by atoms with Crippen LogP contribution in [0, 0.1) is 0 Å². The van der Waals surface area contributed by atoms with Gasteiger partial charge in [0.2, 0.25) is 0 Å². The Morgan fingerprint density at radius 1 is 1.00 bits per heavy atom. The maximum atomic E-state index is 4.69. The molecule has 1 aliphatic rings. The molecule has 1 aromatic heterocycles. The zero-order chi connectivity index (χ0) is 15.5. The lowest BCUT2D eigenvalue weighted by atomic mass is 9.97. The summed E-state index contributed by atoms with van der Waals surface area (Å²) in [6, 6.07) is 6.43. The van der Waals surface area contributed by atoms with Crippen molar-refractivity contribution in [3.05, 3.63) is 30.1 Å². The van der Waals surface area contributed by atoms with Crippen molar-refractivity contribution in [3.8, 4) is 0 Å². The Balaban J connectivity index is 1.74. The highest BCUT2D eigenvalue weighted by atomic mass is 32.2. The Kier molecular flexibility index (Phi) is 8.76. The van der Waals surface area contributed by atoms with Crippen molar-refractivity contribution in [2.75, 3.05) is 17.3 Å². The van der Waals surface area contributed by atoms with E-state index in [0.717, 1.165) is 0 Å². The van der Waals surface area contributed by atoms with Gasteiger partial charge in [-0.2, -0.15) is 11.8 Å². The van der Waals surface area contributed by atoms with E-state index in [9.17, 15) is 0 Å². The number of aromatic nitrogens is 1. The van der Waals surface area contributed by atoms with Gasteiger partial charge in [-0.3, -0.25) is 4.98 Å². The van der Waals surface area contributed by atoms with E-state index in [2.05, 4.69) is 47.6 Å². The molecular formula is C19H31NS2. The third-order valence-corrected chi connectivity index (χ3v) is 7.66. The largest absolute Gasteiger partial charge is 0.260 e. The van der Waals surface area contributed by atoms with Crippen molar-refractivity contribution in [2.24, 2.45) is 0 Å². The number of rotatable bonds is 10. The van der Waals surface area contributed by atoms with E-state index in [0.29, 0.717) is 0 Å². The summed E-state index contributed by atoms with van der Waals surface area (Å²) < 4.78 is 0.284. The van der Waals surface area contributed by atoms with Crippen LogP contribution in [0.25, 0.3) is 0 Å². The van der Waals surface area contributed by atoms with E-state index >= 15 is 0 Å². The van der Waals surface area contributed by atoms with Crippen molar-refractivity contribution in [1.29, 1.82) is 0 Å². The molecule has 2 rings (SSSR count). The predicted octanol–water partition coefficient (Wildman–Crippen LogP) is 6.29. The first-order valence-electron chi connectivity index (χ1n) is 9.00. The van der Waals surface area contributed by atoms with Crippen LogP contribution in [0.15, 0.2) is 24.4 Å². The molecule has 1 nitrogen and oxygen atoms in total. The number of unbranched alkanes of at least 4 members (excludes halogenated alkanes) is 7. The summed E-state index contributed by atoms with van der Waals surface area (Å²) in [6.45, 7) is 2.29. The average Bonchev–Trinajstić information content (AvgIpc) is 2.59. The summed E-state index contributed by atoms with van der Waals surface area (Å²) in [4.78, 5) is 4.69. The van der Waals surface area contributed by atoms with Gasteiger partial charge in [0, 0.05) is 23.5 Å². The number of hydrogen-bond acceptors (Lipinski definition) is 3. The molecule has 0 N–H and O–H groups in total. The molecule has 0 aromatic carbocycles. The summed E-state index contributed by atoms with van der Waals surface area (Å²) in [6.07, 6.45) is 14.5. The summed E-state index contributed by atoms with van der Waals surface area (Å²) in [5, 5.41) is 0. The topological polar surface area (TPSA) is 12.9 Å². The Morgan fingerprint density at radius 2 is 1.77 bits per heavy atom. The molecule has 0 spiro atoms. The van der Waals surface area contributed by atoms with Crippen LogP contribution in [0.2, 0.25) is 0 Å². The summed E-state index contributed by atoms with van der Waals surface area (Å²) in [7, 11) is 0. The average molecular weight is 338 g/mol. The molecule has 1 atom stereocenters. The second-order valence-electron chi connectivity index (χ2n) is 6.34. The van der Waals surface area contributed by atoms with Crippen molar-refractivity contribution in [3.63, 3.8) is 0 Å². The third kappa shape index (κ3) is 5.81. The molecule has 0 radical (unpaired) electrons. The molecular weight excluding hydrogens is 306 g/mol. The highest BCUT2D eigenvalue weighted by molar-refractivity contribution is 8.06. The number of pyridine rings is 1. The maximum absolute atomic E-state index is 4.69. The van der Waals surface area contributed by atoms with Crippen LogP contribution in [0.1, 0.15) is 70.4 Å². The van der Waals surface area contributed by atoms with Gasteiger partial charge in [0.05, 0.1) is 10.4 Å². The number of thioether (sulfide) groups is 2. The van der Waals surface area contributed by atoms with Crippen LogP contribution in [0.3, 0.4) is 0 Å². The molecule has 1 saturated heterocycles. The van der Waals surface area contributed by atoms with Gasteiger partial charge in [-0.1, -0.05) is 64.4 Å². The van der Waals surface area contributed by atoms with Crippen LogP contribution in [-0.2, 0) is 4.75 Å². The quantitative estimate of drug-likeness (QED) is 0.466. The SMILES string of the molecule is CCCCCCCCCCC1(c2ccccn2)CSCCS1. The second kappa shape index (κ2) is 10.6. The van der Waals surface area contributed by atoms with Crippen LogP contribution >= 0.6 is 23.5 Å². The highest BCUT2D eigenvalue weighted by Gasteiger charge is 2.35. The van der Waals surface area contributed by atoms with Crippen LogP contribution in [-0.4, -0.2) is 22.2 Å². The molecule has 0 bridgehead atoms. The minimum absolute atomic E-state index is 0.284. The van der Waals surface area contributed by atoms with Gasteiger partial charge in [0.1, 0.15) is 0 Å². The lowest BCUT2D eigenvalue weighted by Gasteiger charge is -2.36. The smallest absolute Gasteiger partial charge is 0.0670 e. The van der Waals surface area contributed by atoms with Gasteiger partial charge in [-0.25, -0.2) is 0 Å². The van der Waals surface area contributed by atoms with E-state index in [1.54, 1.807) is 0 Å². The van der Waals surface area contributed by atoms with Crippen molar-refractivity contribution in [1.82, 2.24) is 4.98 Å². The van der Waals surface area contributed by atoms with Gasteiger partial charge in [-0.15, -0.1) is 11.8 Å². The zero-order valence-corrected chi connectivity index (χ0v) is 15.7. The summed E-state index contributed by atoms with van der Waals surface area (Å²) >= 11 is 4.27. The highest BCUT2D eigenvalue weighted by Crippen LogP contribution is 2.46. The molecule has 22 heavy (non-hydrogen) atoms. The fourth-order valence-electron chi connectivity index (χ4n) is 3.17. The van der Waals surface area contributed by atoms with E-state index < -0.39 is 0 Å². The molecule has 1 aromatic rings. The molecule has 1 fully saturated rings. The number of nitrogens with zero attached hydrogens (tertiary/aromatic N) is 1. The fourth-order valence-corrected chi connectivity index (χ4v) is 6.27. The molecule has 3 heteroatoms. The molecule has 0 aliphatic carbocycles.